The average Bonchev–Trinajstić information content (AvgIpc) is 2.75. The summed E-state index contributed by atoms with van der Waals surface area (Å²) in [7, 11) is 0. The van der Waals surface area contributed by atoms with Gasteiger partial charge in [0.05, 0.1) is 24.1 Å². The number of carbonyl (C=O) groups is 1. The van der Waals surface area contributed by atoms with Crippen LogP contribution in [-0.4, -0.2) is 27.3 Å². The molecule has 0 aliphatic carbocycles. The number of hydrogen-bond donors (Lipinski definition) is 1. The summed E-state index contributed by atoms with van der Waals surface area (Å²) in [5, 5.41) is 7.74. The normalized spacial score (nSPS) is 10.4. The smallest absolute Gasteiger partial charge is 0.176 e. The molecule has 16 heavy (non-hydrogen) atoms. The highest BCUT2D eigenvalue weighted by molar-refractivity contribution is 5.97. The number of aromatic nitrogens is 3. The SMILES string of the molecule is Cc1cnnn1-c1ccc(C(=O)CN)cc1. The van der Waals surface area contributed by atoms with Crippen molar-refractivity contribution in [3.8, 4) is 5.69 Å². The summed E-state index contributed by atoms with van der Waals surface area (Å²) in [6, 6.07) is 7.13. The van der Waals surface area contributed by atoms with E-state index in [2.05, 4.69) is 10.3 Å². The van der Waals surface area contributed by atoms with Gasteiger partial charge in [0.25, 0.3) is 0 Å². The molecular weight excluding hydrogens is 204 g/mol. The summed E-state index contributed by atoms with van der Waals surface area (Å²) in [5.74, 6) is -0.0677. The molecule has 0 fully saturated rings. The Balaban J connectivity index is 2.33. The fraction of sp³-hybridized carbons (Fsp3) is 0.182. The molecule has 2 rings (SSSR count). The van der Waals surface area contributed by atoms with Gasteiger partial charge in [-0.2, -0.15) is 0 Å². The first-order valence-electron chi connectivity index (χ1n) is 4.93. The van der Waals surface area contributed by atoms with E-state index in [1.54, 1.807) is 23.0 Å². The maximum atomic E-state index is 11.3. The van der Waals surface area contributed by atoms with Gasteiger partial charge in [0.15, 0.2) is 5.78 Å². The number of rotatable bonds is 3. The van der Waals surface area contributed by atoms with Crippen molar-refractivity contribution in [1.29, 1.82) is 0 Å². The maximum absolute atomic E-state index is 11.3. The van der Waals surface area contributed by atoms with E-state index in [0.29, 0.717) is 5.56 Å². The molecule has 0 unspecified atom stereocenters. The predicted octanol–water partition coefficient (Wildman–Crippen LogP) is 0.717. The van der Waals surface area contributed by atoms with Crippen molar-refractivity contribution in [2.75, 3.05) is 6.54 Å². The van der Waals surface area contributed by atoms with E-state index in [1.165, 1.54) is 0 Å². The zero-order valence-electron chi connectivity index (χ0n) is 8.92. The van der Waals surface area contributed by atoms with E-state index < -0.39 is 0 Å². The number of aryl methyl sites for hydroxylation is 1. The largest absolute Gasteiger partial charge is 0.324 e. The van der Waals surface area contributed by atoms with Crippen molar-refractivity contribution in [1.82, 2.24) is 15.0 Å². The highest BCUT2D eigenvalue weighted by atomic mass is 16.1. The Morgan fingerprint density at radius 3 is 2.56 bits per heavy atom. The molecule has 0 bridgehead atoms. The third-order valence-corrected chi connectivity index (χ3v) is 2.34. The van der Waals surface area contributed by atoms with Crippen molar-refractivity contribution in [3.63, 3.8) is 0 Å². The van der Waals surface area contributed by atoms with Crippen molar-refractivity contribution in [2.45, 2.75) is 6.92 Å². The van der Waals surface area contributed by atoms with Crippen molar-refractivity contribution in [3.05, 3.63) is 41.7 Å². The lowest BCUT2D eigenvalue weighted by Gasteiger charge is -2.03. The minimum absolute atomic E-state index is 0.0295. The van der Waals surface area contributed by atoms with Crippen molar-refractivity contribution >= 4 is 5.78 Å². The molecule has 2 aromatic rings. The molecule has 0 saturated heterocycles. The molecule has 0 aliphatic rings. The Labute approximate surface area is 92.9 Å². The van der Waals surface area contributed by atoms with Gasteiger partial charge >= 0.3 is 0 Å². The van der Waals surface area contributed by atoms with Gasteiger partial charge in [0, 0.05) is 5.56 Å². The van der Waals surface area contributed by atoms with Crippen LogP contribution in [0.25, 0.3) is 5.69 Å². The molecule has 0 atom stereocenters. The second kappa shape index (κ2) is 4.24. The van der Waals surface area contributed by atoms with Gasteiger partial charge in [-0.25, -0.2) is 4.68 Å². The van der Waals surface area contributed by atoms with E-state index in [4.69, 9.17) is 5.73 Å². The third-order valence-electron chi connectivity index (χ3n) is 2.34. The second-order valence-corrected chi connectivity index (χ2v) is 3.46. The molecule has 0 aliphatic heterocycles. The van der Waals surface area contributed by atoms with Crippen LogP contribution >= 0.6 is 0 Å². The molecule has 5 nitrogen and oxygen atoms in total. The number of nitrogens with two attached hydrogens (primary N) is 1. The van der Waals surface area contributed by atoms with E-state index >= 15 is 0 Å². The molecule has 0 spiro atoms. The van der Waals surface area contributed by atoms with Gasteiger partial charge in [-0.1, -0.05) is 5.21 Å². The van der Waals surface area contributed by atoms with E-state index in [1.807, 2.05) is 19.1 Å². The summed E-state index contributed by atoms with van der Waals surface area (Å²) >= 11 is 0. The lowest BCUT2D eigenvalue weighted by Crippen LogP contribution is -2.13. The first-order chi connectivity index (χ1) is 7.72. The van der Waals surface area contributed by atoms with Gasteiger partial charge in [-0.3, -0.25) is 4.79 Å². The lowest BCUT2D eigenvalue weighted by molar-refractivity contribution is 0.100. The monoisotopic (exact) mass is 216 g/mol. The van der Waals surface area contributed by atoms with Crippen LogP contribution in [0, 0.1) is 6.92 Å². The van der Waals surface area contributed by atoms with Crippen LogP contribution in [0.2, 0.25) is 0 Å². The fourth-order valence-electron chi connectivity index (χ4n) is 1.45. The van der Waals surface area contributed by atoms with Gasteiger partial charge < -0.3 is 5.73 Å². The molecule has 1 heterocycles. The zero-order chi connectivity index (χ0) is 11.5. The second-order valence-electron chi connectivity index (χ2n) is 3.46. The summed E-state index contributed by atoms with van der Waals surface area (Å²) in [4.78, 5) is 11.3. The van der Waals surface area contributed by atoms with E-state index in [0.717, 1.165) is 11.4 Å². The van der Waals surface area contributed by atoms with E-state index in [9.17, 15) is 4.79 Å². The summed E-state index contributed by atoms with van der Waals surface area (Å²) in [6.45, 7) is 1.95. The molecule has 82 valence electrons. The average molecular weight is 216 g/mol. The summed E-state index contributed by atoms with van der Waals surface area (Å²) in [5.41, 5.74) is 7.72. The number of carbonyl (C=O) groups excluding carboxylic acids is 1. The van der Waals surface area contributed by atoms with Crippen molar-refractivity contribution in [2.24, 2.45) is 5.73 Å². The fourth-order valence-corrected chi connectivity index (χ4v) is 1.45. The Kier molecular flexibility index (Phi) is 2.78. The summed E-state index contributed by atoms with van der Waals surface area (Å²) in [6.07, 6.45) is 1.68. The molecule has 2 N–H and O–H groups in total. The molecule has 0 radical (unpaired) electrons. The molecule has 5 heteroatoms. The zero-order valence-corrected chi connectivity index (χ0v) is 8.92. The number of hydrogen-bond acceptors (Lipinski definition) is 4. The highest BCUT2D eigenvalue weighted by Gasteiger charge is 2.05. The van der Waals surface area contributed by atoms with Gasteiger partial charge in [0.1, 0.15) is 0 Å². The number of Topliss-reactive ketones (excluding diaryl/α,β-unsaturated/α-hetero) is 1. The standard InChI is InChI=1S/C11H12N4O/c1-8-7-13-14-15(8)10-4-2-9(3-5-10)11(16)6-12/h2-5,7H,6,12H2,1H3. The van der Waals surface area contributed by atoms with Gasteiger partial charge in [0.2, 0.25) is 0 Å². The molecule has 1 aromatic carbocycles. The first kappa shape index (κ1) is 10.5. The molecular formula is C11H12N4O. The summed E-state index contributed by atoms with van der Waals surface area (Å²) < 4.78 is 1.71. The van der Waals surface area contributed by atoms with Gasteiger partial charge in [-0.15, -0.1) is 5.10 Å². The minimum atomic E-state index is -0.0677. The Bertz CT molecular complexity index is 501. The third kappa shape index (κ3) is 1.85. The lowest BCUT2D eigenvalue weighted by atomic mass is 10.1. The maximum Gasteiger partial charge on any atom is 0.176 e. The number of nitrogens with zero attached hydrogens (tertiary/aromatic N) is 3. The van der Waals surface area contributed by atoms with Crippen LogP contribution in [0.3, 0.4) is 0 Å². The highest BCUT2D eigenvalue weighted by Crippen LogP contribution is 2.10. The molecule has 0 amide bonds. The number of benzene rings is 1. The van der Waals surface area contributed by atoms with Crippen LogP contribution in [-0.2, 0) is 0 Å². The molecule has 0 saturated carbocycles. The van der Waals surface area contributed by atoms with Crippen LogP contribution in [0.5, 0.6) is 0 Å². The molecule has 1 aromatic heterocycles. The van der Waals surface area contributed by atoms with Gasteiger partial charge in [-0.05, 0) is 31.2 Å². The quantitative estimate of drug-likeness (QED) is 0.767. The number of ketones is 1. The topological polar surface area (TPSA) is 73.8 Å². The van der Waals surface area contributed by atoms with Crippen LogP contribution < -0.4 is 5.73 Å². The van der Waals surface area contributed by atoms with E-state index in [-0.39, 0.29) is 12.3 Å². The Morgan fingerprint density at radius 1 is 1.38 bits per heavy atom. The van der Waals surface area contributed by atoms with Crippen molar-refractivity contribution < 1.29 is 4.79 Å². The Hall–Kier alpha value is -2.01. The first-order valence-corrected chi connectivity index (χ1v) is 4.93. The Morgan fingerprint density at radius 2 is 2.06 bits per heavy atom. The van der Waals surface area contributed by atoms with Crippen LogP contribution in [0.15, 0.2) is 30.5 Å². The van der Waals surface area contributed by atoms with Crippen LogP contribution in [0.1, 0.15) is 16.1 Å². The predicted molar refractivity (Wildman–Crippen MR) is 59.5 cm³/mol. The van der Waals surface area contributed by atoms with Crippen LogP contribution in [0.4, 0.5) is 0 Å². The minimum Gasteiger partial charge on any atom is -0.324 e.